The third-order valence-corrected chi connectivity index (χ3v) is 2.50. The molecule has 0 radical (unpaired) electrons. The van der Waals surface area contributed by atoms with Crippen molar-refractivity contribution in [1.29, 1.82) is 0 Å². The summed E-state index contributed by atoms with van der Waals surface area (Å²) in [6.45, 7) is 2.18. The molecule has 2 nitrogen and oxygen atoms in total. The number of unbranched alkanes of at least 4 members (excludes halogenated alkanes) is 1. The van der Waals surface area contributed by atoms with Crippen LogP contribution in [-0.4, -0.2) is 18.1 Å². The van der Waals surface area contributed by atoms with Crippen LogP contribution in [0.2, 0.25) is 0 Å². The second-order valence-corrected chi connectivity index (χ2v) is 3.68. The third kappa shape index (κ3) is 3.46. The quantitative estimate of drug-likeness (QED) is 0.708. The van der Waals surface area contributed by atoms with Crippen molar-refractivity contribution in [3.8, 4) is 0 Å². The summed E-state index contributed by atoms with van der Waals surface area (Å²) >= 11 is 0. The van der Waals surface area contributed by atoms with Crippen LogP contribution in [0, 0.1) is 5.92 Å². The fraction of sp³-hybridized carbons (Fsp3) is 0.500. The molecule has 1 heterocycles. The summed E-state index contributed by atoms with van der Waals surface area (Å²) in [5.41, 5.74) is 0. The van der Waals surface area contributed by atoms with E-state index in [2.05, 4.69) is 41.4 Å². The monoisotopic (exact) mass is 276 g/mol. The second kappa shape index (κ2) is 6.49. The summed E-state index contributed by atoms with van der Waals surface area (Å²) in [6, 6.07) is 0.254. The van der Waals surface area contributed by atoms with Crippen molar-refractivity contribution in [3.05, 3.63) is 24.3 Å². The van der Waals surface area contributed by atoms with Gasteiger partial charge in [0.05, 0.1) is 0 Å². The first-order valence-corrected chi connectivity index (χ1v) is 5.28. The average molecular weight is 276 g/mol. The van der Waals surface area contributed by atoms with Crippen LogP contribution in [0.15, 0.2) is 34.3 Å². The number of hydrogen-bond acceptors (Lipinski definition) is 2. The van der Waals surface area contributed by atoms with E-state index in [1.807, 2.05) is 6.08 Å². The van der Waals surface area contributed by atoms with Crippen molar-refractivity contribution in [2.75, 3.05) is 0 Å². The molecule has 1 aliphatic heterocycles. The molecule has 2 aliphatic rings. The number of fused-ring (bicyclic) bond motifs is 1. The number of nitrogens with zero attached hydrogens (tertiary/aromatic N) is 2. The van der Waals surface area contributed by atoms with E-state index >= 15 is 0 Å². The van der Waals surface area contributed by atoms with Crippen LogP contribution in [0.4, 0.5) is 0 Å². The Hall–Kier alpha value is -0.0761. The van der Waals surface area contributed by atoms with E-state index in [4.69, 9.17) is 0 Å². The Morgan fingerprint density at radius 1 is 1.33 bits per heavy atom. The third-order valence-electron chi connectivity index (χ3n) is 2.50. The zero-order valence-electron chi connectivity index (χ0n) is 9.06. The van der Waals surface area contributed by atoms with Gasteiger partial charge in [0.2, 0.25) is 0 Å². The maximum Gasteiger partial charge on any atom is 3.00 e. The Morgan fingerprint density at radius 2 is 2.13 bits per heavy atom. The Morgan fingerprint density at radius 3 is 2.93 bits per heavy atom. The van der Waals surface area contributed by atoms with Gasteiger partial charge >= 0.3 is 32.7 Å². The molecular weight excluding hydrogens is 261 g/mol. The van der Waals surface area contributed by atoms with Gasteiger partial charge in [-0.3, -0.25) is 0 Å². The molecule has 15 heavy (non-hydrogen) atoms. The normalized spacial score (nSPS) is 26.9. The summed E-state index contributed by atoms with van der Waals surface area (Å²) < 4.78 is 0. The van der Waals surface area contributed by atoms with Crippen LogP contribution in [0.3, 0.4) is 0 Å². The van der Waals surface area contributed by atoms with E-state index in [-0.39, 0.29) is 44.7 Å². The van der Waals surface area contributed by atoms with Crippen molar-refractivity contribution >= 4 is 12.1 Å². The second-order valence-electron chi connectivity index (χ2n) is 3.68. The molecule has 3 heteroatoms. The standard InChI is InChI=1S/C12H15N2.Y/c1-2-3-8-12-13-9-10-6-4-5-7-11(10)14-12;/h4-7,10-11H,2-3,8H2,1H3;/q-1;+3. The molecule has 0 saturated heterocycles. The molecule has 2 rings (SSSR count). The molecule has 0 fully saturated rings. The van der Waals surface area contributed by atoms with Crippen molar-refractivity contribution in [3.63, 3.8) is 0 Å². The first-order valence-electron chi connectivity index (χ1n) is 5.28. The molecule has 0 aromatic heterocycles. The van der Waals surface area contributed by atoms with Crippen molar-refractivity contribution < 1.29 is 32.7 Å². The summed E-state index contributed by atoms with van der Waals surface area (Å²) in [4.78, 5) is 8.86. The van der Waals surface area contributed by atoms with E-state index in [9.17, 15) is 0 Å². The molecule has 1 aliphatic carbocycles. The molecule has 0 spiro atoms. The summed E-state index contributed by atoms with van der Waals surface area (Å²) in [5.74, 6) is 1.23. The predicted octanol–water partition coefficient (Wildman–Crippen LogP) is 2.64. The number of amidine groups is 1. The summed E-state index contributed by atoms with van der Waals surface area (Å²) in [7, 11) is 0. The van der Waals surface area contributed by atoms with Gasteiger partial charge in [0.1, 0.15) is 0 Å². The van der Waals surface area contributed by atoms with Gasteiger partial charge in [-0.05, 0) is 11.8 Å². The minimum atomic E-state index is 0. The zero-order chi connectivity index (χ0) is 9.80. The van der Waals surface area contributed by atoms with Gasteiger partial charge in [0, 0.05) is 6.04 Å². The fourth-order valence-corrected chi connectivity index (χ4v) is 1.64. The van der Waals surface area contributed by atoms with Gasteiger partial charge in [-0.25, -0.2) is 0 Å². The van der Waals surface area contributed by atoms with Gasteiger partial charge in [0.25, 0.3) is 0 Å². The Labute approximate surface area is 117 Å². The smallest absolute Gasteiger partial charge is 0.443 e. The van der Waals surface area contributed by atoms with Crippen molar-refractivity contribution in [2.24, 2.45) is 15.9 Å². The number of allylic oxidation sites excluding steroid dienone is 2. The summed E-state index contributed by atoms with van der Waals surface area (Å²) in [5, 5.41) is 0. The number of aliphatic imine (C=N–C) groups is 2. The van der Waals surface area contributed by atoms with Crippen LogP contribution in [0.1, 0.15) is 26.2 Å². The van der Waals surface area contributed by atoms with Crippen molar-refractivity contribution in [2.45, 2.75) is 32.2 Å². The Balaban J connectivity index is 0.00000112. The van der Waals surface area contributed by atoms with Crippen LogP contribution in [-0.2, 0) is 32.7 Å². The molecule has 0 saturated carbocycles. The predicted molar refractivity (Wildman–Crippen MR) is 60.0 cm³/mol. The van der Waals surface area contributed by atoms with E-state index < -0.39 is 0 Å². The molecular formula is C12H15N2Y+2. The molecule has 2 unspecified atom stereocenters. The first kappa shape index (κ1) is 13.0. The molecule has 2 atom stereocenters. The molecule has 0 bridgehead atoms. The molecule has 74 valence electrons. The largest absolute Gasteiger partial charge is 3.00 e. The fourth-order valence-electron chi connectivity index (χ4n) is 1.64. The van der Waals surface area contributed by atoms with Gasteiger partial charge in [-0.1, -0.05) is 50.5 Å². The van der Waals surface area contributed by atoms with Crippen LogP contribution in [0.25, 0.3) is 0 Å². The Kier molecular flexibility index (Phi) is 5.62. The maximum absolute atomic E-state index is 4.59. The first-order chi connectivity index (χ1) is 6.90. The van der Waals surface area contributed by atoms with E-state index in [1.165, 1.54) is 12.8 Å². The van der Waals surface area contributed by atoms with E-state index in [0.29, 0.717) is 0 Å². The average Bonchev–Trinajstić information content (AvgIpc) is 2.26. The number of hydrogen-bond donors (Lipinski definition) is 0. The van der Waals surface area contributed by atoms with Crippen LogP contribution < -0.4 is 0 Å². The number of rotatable bonds is 3. The molecule has 0 aromatic rings. The maximum atomic E-state index is 4.59. The van der Waals surface area contributed by atoms with Crippen LogP contribution >= 0.6 is 0 Å². The molecule has 0 aromatic carbocycles. The Bertz CT molecular complexity index is 316. The summed E-state index contributed by atoms with van der Waals surface area (Å²) in [6.07, 6.45) is 14.8. The van der Waals surface area contributed by atoms with Gasteiger partial charge in [-0.15, -0.1) is 0 Å². The molecule has 0 amide bonds. The topological polar surface area (TPSA) is 24.7 Å². The van der Waals surface area contributed by atoms with Gasteiger partial charge in [0.15, 0.2) is 0 Å². The molecule has 0 N–H and O–H groups in total. The minimum Gasteiger partial charge on any atom is -0.443 e. The van der Waals surface area contributed by atoms with E-state index in [0.717, 1.165) is 12.3 Å². The zero-order valence-corrected chi connectivity index (χ0v) is 11.9. The minimum absolute atomic E-state index is 0. The van der Waals surface area contributed by atoms with Crippen LogP contribution in [0.5, 0.6) is 0 Å². The van der Waals surface area contributed by atoms with E-state index in [1.54, 1.807) is 0 Å². The SMILES string of the molecule is CCCCC1=NC2C=CC=CC2[C-]=N1.[Y+3]. The van der Waals surface area contributed by atoms with Gasteiger partial charge in [-0.2, -0.15) is 6.21 Å². The van der Waals surface area contributed by atoms with Crippen molar-refractivity contribution in [1.82, 2.24) is 0 Å². The van der Waals surface area contributed by atoms with Gasteiger partial charge < -0.3 is 9.98 Å².